The monoisotopic (exact) mass is 307 g/mol. The number of nitrogens with zero attached hydrogens (tertiary/aromatic N) is 1. The van der Waals surface area contributed by atoms with Gasteiger partial charge in [0, 0.05) is 41.4 Å². The molecule has 2 aromatic rings. The Bertz CT molecular complexity index is 610. The summed E-state index contributed by atoms with van der Waals surface area (Å²) in [7, 11) is 1.64. The molecule has 6 heteroatoms. The molecule has 1 heterocycles. The van der Waals surface area contributed by atoms with Gasteiger partial charge in [0.05, 0.1) is 12.1 Å². The van der Waals surface area contributed by atoms with Crippen molar-refractivity contribution in [1.29, 1.82) is 0 Å². The predicted molar refractivity (Wildman–Crippen MR) is 87.9 cm³/mol. The highest BCUT2D eigenvalue weighted by molar-refractivity contribution is 7.80. The number of hydrogen-bond acceptors (Lipinski definition) is 5. The first-order valence-electron chi connectivity index (χ1n) is 6.23. The van der Waals surface area contributed by atoms with Crippen molar-refractivity contribution in [2.75, 3.05) is 19.0 Å². The lowest BCUT2D eigenvalue weighted by molar-refractivity contribution is 0.415. The normalized spacial score (nSPS) is 10.3. The molecule has 0 saturated heterocycles. The number of hydrogen-bond donors (Lipinski definition) is 2. The molecule has 0 aliphatic heterocycles. The summed E-state index contributed by atoms with van der Waals surface area (Å²) in [6.07, 6.45) is 0.868. The molecular formula is C14H17N3OS2. The number of ether oxygens (including phenoxy) is 1. The summed E-state index contributed by atoms with van der Waals surface area (Å²) in [4.78, 5) is 4.81. The van der Waals surface area contributed by atoms with E-state index in [-0.39, 0.29) is 0 Å². The van der Waals surface area contributed by atoms with Gasteiger partial charge in [-0.15, -0.1) is 11.3 Å². The minimum atomic E-state index is 0.375. The number of aryl methyl sites for hydroxylation is 1. The van der Waals surface area contributed by atoms with Crippen molar-refractivity contribution in [3.8, 4) is 5.75 Å². The van der Waals surface area contributed by atoms with Gasteiger partial charge in [-0.2, -0.15) is 0 Å². The molecule has 20 heavy (non-hydrogen) atoms. The molecule has 2 rings (SSSR count). The van der Waals surface area contributed by atoms with Crippen molar-refractivity contribution in [1.82, 2.24) is 4.98 Å². The number of rotatable bonds is 6. The minimum absolute atomic E-state index is 0.375. The van der Waals surface area contributed by atoms with Crippen LogP contribution in [-0.4, -0.2) is 23.6 Å². The second-order valence-electron chi connectivity index (χ2n) is 4.34. The van der Waals surface area contributed by atoms with Crippen molar-refractivity contribution in [3.05, 3.63) is 39.8 Å². The van der Waals surface area contributed by atoms with Crippen molar-refractivity contribution < 1.29 is 4.74 Å². The Morgan fingerprint density at radius 2 is 2.30 bits per heavy atom. The zero-order valence-corrected chi connectivity index (χ0v) is 13.1. The molecule has 0 atom stereocenters. The predicted octanol–water partition coefficient (Wildman–Crippen LogP) is 2.75. The fraction of sp³-hybridized carbons (Fsp3) is 0.286. The van der Waals surface area contributed by atoms with Gasteiger partial charge in [-0.25, -0.2) is 4.98 Å². The van der Waals surface area contributed by atoms with Crippen molar-refractivity contribution in [3.63, 3.8) is 0 Å². The largest absolute Gasteiger partial charge is 0.497 e. The molecule has 0 spiro atoms. The average Bonchev–Trinajstić information content (AvgIpc) is 2.84. The molecule has 1 aromatic carbocycles. The molecule has 0 radical (unpaired) electrons. The second kappa shape index (κ2) is 6.67. The first-order chi connectivity index (χ1) is 9.60. The highest BCUT2D eigenvalue weighted by Crippen LogP contribution is 2.22. The van der Waals surface area contributed by atoms with Gasteiger partial charge in [-0.1, -0.05) is 12.2 Å². The fourth-order valence-corrected chi connectivity index (χ4v) is 2.79. The minimum Gasteiger partial charge on any atom is -0.497 e. The molecule has 1 aromatic heterocycles. The van der Waals surface area contributed by atoms with E-state index in [1.54, 1.807) is 18.4 Å². The van der Waals surface area contributed by atoms with Gasteiger partial charge in [-0.05, 0) is 19.1 Å². The third-order valence-electron chi connectivity index (χ3n) is 2.81. The SMILES string of the molecule is COc1ccc(C(N)=S)c(NCCc2nc(C)cs2)c1. The van der Waals surface area contributed by atoms with E-state index < -0.39 is 0 Å². The van der Waals surface area contributed by atoms with Crippen LogP contribution >= 0.6 is 23.6 Å². The van der Waals surface area contributed by atoms with E-state index >= 15 is 0 Å². The van der Waals surface area contributed by atoms with Crippen molar-refractivity contribution >= 4 is 34.2 Å². The van der Waals surface area contributed by atoms with Crippen LogP contribution in [0.5, 0.6) is 5.75 Å². The van der Waals surface area contributed by atoms with Gasteiger partial charge in [0.1, 0.15) is 10.7 Å². The van der Waals surface area contributed by atoms with Gasteiger partial charge in [0.25, 0.3) is 0 Å². The standard InChI is InChI=1S/C14H17N3OS2/c1-9-8-20-13(17-9)5-6-16-12-7-10(18-2)3-4-11(12)14(15)19/h3-4,7-8,16H,5-6H2,1-2H3,(H2,15,19). The van der Waals surface area contributed by atoms with Gasteiger partial charge in [0.15, 0.2) is 0 Å². The van der Waals surface area contributed by atoms with Crippen LogP contribution in [-0.2, 0) is 6.42 Å². The number of nitrogens with two attached hydrogens (primary N) is 1. The van der Waals surface area contributed by atoms with Crippen LogP contribution in [0.3, 0.4) is 0 Å². The maximum Gasteiger partial charge on any atom is 0.120 e. The highest BCUT2D eigenvalue weighted by atomic mass is 32.1. The highest BCUT2D eigenvalue weighted by Gasteiger charge is 2.07. The maximum absolute atomic E-state index is 5.73. The maximum atomic E-state index is 5.73. The van der Waals surface area contributed by atoms with Gasteiger partial charge in [0.2, 0.25) is 0 Å². The number of thiocarbonyl (C=S) groups is 1. The Balaban J connectivity index is 2.05. The number of methoxy groups -OCH3 is 1. The summed E-state index contributed by atoms with van der Waals surface area (Å²) in [6.45, 7) is 2.77. The van der Waals surface area contributed by atoms with E-state index in [2.05, 4.69) is 15.7 Å². The van der Waals surface area contributed by atoms with Gasteiger partial charge >= 0.3 is 0 Å². The number of anilines is 1. The van der Waals surface area contributed by atoms with E-state index in [1.165, 1.54) is 0 Å². The molecule has 0 amide bonds. The Morgan fingerprint density at radius 3 is 2.90 bits per heavy atom. The summed E-state index contributed by atoms with van der Waals surface area (Å²) < 4.78 is 5.22. The lowest BCUT2D eigenvalue weighted by Gasteiger charge is -2.12. The summed E-state index contributed by atoms with van der Waals surface area (Å²) in [6, 6.07) is 5.63. The van der Waals surface area contributed by atoms with E-state index in [1.807, 2.05) is 25.1 Å². The van der Waals surface area contributed by atoms with Crippen LogP contribution in [0, 0.1) is 6.92 Å². The molecule has 0 aliphatic rings. The Kier molecular flexibility index (Phi) is 4.92. The van der Waals surface area contributed by atoms with Crippen molar-refractivity contribution in [2.45, 2.75) is 13.3 Å². The Labute approximate surface area is 128 Å². The van der Waals surface area contributed by atoms with Gasteiger partial charge in [-0.3, -0.25) is 0 Å². The lowest BCUT2D eigenvalue weighted by atomic mass is 10.1. The van der Waals surface area contributed by atoms with E-state index in [0.717, 1.165) is 40.7 Å². The molecule has 0 unspecified atom stereocenters. The van der Waals surface area contributed by atoms with Gasteiger partial charge < -0.3 is 15.8 Å². The first kappa shape index (κ1) is 14.7. The van der Waals surface area contributed by atoms with Crippen LogP contribution in [0.4, 0.5) is 5.69 Å². The number of thiazole rings is 1. The van der Waals surface area contributed by atoms with Crippen LogP contribution in [0.25, 0.3) is 0 Å². The van der Waals surface area contributed by atoms with Crippen molar-refractivity contribution in [2.24, 2.45) is 5.73 Å². The topological polar surface area (TPSA) is 60.2 Å². The first-order valence-corrected chi connectivity index (χ1v) is 7.51. The number of benzene rings is 1. The fourth-order valence-electron chi connectivity index (χ4n) is 1.83. The molecule has 4 nitrogen and oxygen atoms in total. The molecule has 3 N–H and O–H groups in total. The van der Waals surface area contributed by atoms with Crippen LogP contribution in [0.2, 0.25) is 0 Å². The van der Waals surface area contributed by atoms with Crippen LogP contribution in [0.15, 0.2) is 23.6 Å². The Hall–Kier alpha value is -1.66. The second-order valence-corrected chi connectivity index (χ2v) is 5.72. The molecular weight excluding hydrogens is 290 g/mol. The quantitative estimate of drug-likeness (QED) is 0.804. The number of nitrogens with one attached hydrogen (secondary N) is 1. The van der Waals surface area contributed by atoms with E-state index in [9.17, 15) is 0 Å². The summed E-state index contributed by atoms with van der Waals surface area (Å²) in [5.74, 6) is 0.776. The molecule has 0 saturated carbocycles. The summed E-state index contributed by atoms with van der Waals surface area (Å²) in [5.41, 5.74) is 8.52. The molecule has 106 valence electrons. The summed E-state index contributed by atoms with van der Waals surface area (Å²) in [5, 5.41) is 6.52. The Morgan fingerprint density at radius 1 is 1.50 bits per heavy atom. The third kappa shape index (κ3) is 3.68. The zero-order chi connectivity index (χ0) is 14.5. The van der Waals surface area contributed by atoms with Crippen LogP contribution in [0.1, 0.15) is 16.3 Å². The summed E-state index contributed by atoms with van der Waals surface area (Å²) >= 11 is 6.74. The van der Waals surface area contributed by atoms with E-state index in [4.69, 9.17) is 22.7 Å². The molecule has 0 fully saturated rings. The zero-order valence-electron chi connectivity index (χ0n) is 11.5. The molecule has 0 bridgehead atoms. The third-order valence-corrected chi connectivity index (χ3v) is 4.06. The average molecular weight is 307 g/mol. The lowest BCUT2D eigenvalue weighted by Crippen LogP contribution is -2.14. The van der Waals surface area contributed by atoms with Crippen LogP contribution < -0.4 is 15.8 Å². The smallest absolute Gasteiger partial charge is 0.120 e. The molecule has 0 aliphatic carbocycles. The number of aromatic nitrogens is 1. The van der Waals surface area contributed by atoms with E-state index in [0.29, 0.717) is 4.99 Å².